The molecule has 3 aliphatic rings. The minimum atomic E-state index is -0.662. The fourth-order valence-electron chi connectivity index (χ4n) is 14.0. The van der Waals surface area contributed by atoms with Crippen molar-refractivity contribution in [2.45, 2.75) is 97.9 Å². The lowest BCUT2D eigenvalue weighted by molar-refractivity contribution is -0.126. The summed E-state index contributed by atoms with van der Waals surface area (Å²) < 4.78 is 27.1. The normalized spacial score (nSPS) is 15.0. The zero-order valence-electron chi connectivity index (χ0n) is 61.4. The maximum Gasteiger partial charge on any atom is 0.299 e. The van der Waals surface area contributed by atoms with Crippen LogP contribution >= 0.6 is 0 Å². The first-order valence-corrected chi connectivity index (χ1v) is 36.0. The molecule has 0 bridgehead atoms. The average molecular weight is 1490 g/mol. The summed E-state index contributed by atoms with van der Waals surface area (Å²) in [6, 6.07) is 32.1. The number of benzene rings is 3. The molecular weight excluding hydrogens is 1410 g/mol. The second-order valence-electron chi connectivity index (χ2n) is 26.2. The number of nitrogens with one attached hydrogen (secondary N) is 3. The number of amides is 6. The van der Waals surface area contributed by atoms with Gasteiger partial charge in [-0.1, -0.05) is 54.8 Å². The number of aliphatic hydroxyl groups excluding tert-OH is 2. The first-order chi connectivity index (χ1) is 54.0. The minimum Gasteiger partial charge on any atom is -0.478 e. The van der Waals surface area contributed by atoms with Gasteiger partial charge in [-0.25, -0.2) is 34.3 Å². The maximum absolute atomic E-state index is 15.5. The number of likely N-dealkylation sites (tertiary alicyclic amines) is 3. The van der Waals surface area contributed by atoms with Crippen molar-refractivity contribution in [1.29, 1.82) is 0 Å². The van der Waals surface area contributed by atoms with Gasteiger partial charge in [0.2, 0.25) is 11.8 Å². The van der Waals surface area contributed by atoms with E-state index in [-0.39, 0.29) is 77.6 Å². The standard InChI is InChI=1S/C28H25FN6O3.C28H28N6O3.C27H24N6O3/c1-3-5-24(37)34-12-4-6-22(34)27-33-25(26-21(16-36)30-11-13-35(26)27)19-8-7-18(15-20(19)29)28(38)32-23-14-17(2)9-10-31-23;1-4-23(35)33-15-13-21(17-33)27-32-25(26-18(3)30-16-24(34(26)27)37-5-2)19-9-11-20(12-10-19)28(36)31-22-8-6-7-14-29-22;1-2-6-23(35)32-15-5-7-21(32)26-31-24(25-20(17-34)28-14-16-33(25)26)18-9-11-19(12-10-18)27(36)30-22-8-3-4-13-29-22/h7-11,13-15,22,36H,4,6,12,16H2,1-2H3,(H,31,32,38);4,6-12,14,16,21H,1,5,13,15,17H2,2-3H3,(H,29,31,36);3-4,8-14,16,21,34H,5,7,15,17H2,1H3,(H,29,30,36)/t22-;2*21-/m010/s1. The number of aliphatic hydroxyl groups is 2. The molecular formula is C83H77FN18O9. The summed E-state index contributed by atoms with van der Waals surface area (Å²) in [5.41, 5.74) is 9.00. The summed E-state index contributed by atoms with van der Waals surface area (Å²) in [5, 5.41) is 28.2. The number of fused-ring (bicyclic) bond motifs is 3. The van der Waals surface area contributed by atoms with E-state index in [9.17, 15) is 39.0 Å². The Hall–Kier alpha value is -13.7. The molecule has 15 rings (SSSR count). The minimum absolute atomic E-state index is 0.0366. The van der Waals surface area contributed by atoms with Crippen LogP contribution in [0.1, 0.15) is 142 Å². The highest BCUT2D eigenvalue weighted by Gasteiger charge is 2.37. The number of hydrogen-bond donors (Lipinski definition) is 5. The Bertz CT molecular complexity index is 5670. The number of pyridine rings is 3. The van der Waals surface area contributed by atoms with E-state index in [1.165, 1.54) is 24.4 Å². The molecule has 3 atom stereocenters. The number of carbonyl (C=O) groups excluding carboxylic acids is 6. The fraction of sp³-hybridized carbons (Fsp3) is 0.241. The van der Waals surface area contributed by atoms with Crippen LogP contribution in [-0.4, -0.2) is 151 Å². The summed E-state index contributed by atoms with van der Waals surface area (Å²) in [6.45, 7) is 14.8. The summed E-state index contributed by atoms with van der Waals surface area (Å²) in [6.07, 6.45) is 18.4. The predicted molar refractivity (Wildman–Crippen MR) is 413 cm³/mol. The third-order valence-electron chi connectivity index (χ3n) is 19.2. The van der Waals surface area contributed by atoms with Gasteiger partial charge in [-0.2, -0.15) is 0 Å². The van der Waals surface area contributed by atoms with E-state index in [2.05, 4.69) is 76.1 Å². The van der Waals surface area contributed by atoms with Gasteiger partial charge in [-0.15, -0.1) is 0 Å². The Kier molecular flexibility index (Phi) is 23.2. The van der Waals surface area contributed by atoms with Crippen LogP contribution in [0.5, 0.6) is 5.88 Å². The lowest BCUT2D eigenvalue weighted by atomic mass is 10.1. The zero-order chi connectivity index (χ0) is 77.8. The van der Waals surface area contributed by atoms with Crippen molar-refractivity contribution in [3.8, 4) is 63.3 Å². The molecule has 3 saturated heterocycles. The third-order valence-corrected chi connectivity index (χ3v) is 19.2. The topological polar surface area (TPSA) is 327 Å². The van der Waals surface area contributed by atoms with E-state index >= 15 is 4.39 Å². The Morgan fingerprint density at radius 3 is 1.60 bits per heavy atom. The molecule has 0 spiro atoms. The van der Waals surface area contributed by atoms with Crippen molar-refractivity contribution in [1.82, 2.24) is 72.8 Å². The highest BCUT2D eigenvalue weighted by Crippen LogP contribution is 2.40. The van der Waals surface area contributed by atoms with Crippen molar-refractivity contribution in [2.24, 2.45) is 0 Å². The highest BCUT2D eigenvalue weighted by molar-refractivity contribution is 6.06. The zero-order valence-corrected chi connectivity index (χ0v) is 61.4. The van der Waals surface area contributed by atoms with Gasteiger partial charge in [-0.3, -0.25) is 56.9 Å². The molecule has 12 heterocycles. The van der Waals surface area contributed by atoms with Gasteiger partial charge < -0.3 is 45.6 Å². The van der Waals surface area contributed by atoms with Gasteiger partial charge in [0.25, 0.3) is 29.5 Å². The molecule has 27 nitrogen and oxygen atoms in total. The Labute approximate surface area is 637 Å². The number of aryl methyl sites for hydroxylation is 2. The number of carbonyl (C=O) groups is 6. The van der Waals surface area contributed by atoms with E-state index in [0.717, 1.165) is 71.2 Å². The molecule has 0 saturated carbocycles. The van der Waals surface area contributed by atoms with E-state index in [1.54, 1.807) is 143 Å². The van der Waals surface area contributed by atoms with Gasteiger partial charge in [0, 0.05) is 109 Å². The number of nitrogens with zero attached hydrogens (tertiary/aromatic N) is 15. The number of hydrogen-bond acceptors (Lipinski definition) is 18. The molecule has 6 amide bonds. The maximum atomic E-state index is 15.5. The number of imidazole rings is 3. The average Bonchev–Trinajstić information content (AvgIpc) is 1.61. The van der Waals surface area contributed by atoms with E-state index in [1.807, 2.05) is 59.9 Å². The smallest absolute Gasteiger partial charge is 0.299 e. The van der Waals surface area contributed by atoms with Gasteiger partial charge in [0.1, 0.15) is 46.4 Å². The van der Waals surface area contributed by atoms with Crippen LogP contribution in [0.3, 0.4) is 0 Å². The molecule has 5 N–H and O–H groups in total. The SMILES string of the molecule is C=CC(=O)N1CC[C@@H](c2nc(-c3ccc(C(=O)Nc4ccccn4)cc3)c3c(C)ncc(OCC)n23)C1.CC#CC(=O)N1CCC[C@H]1c1nc(-c2ccc(C(=O)Nc3cc(C)ccn3)cc2F)c2c(CO)nccn12.CC#CC(=O)N1CCC[C@H]1c1nc(-c2ccc(C(=O)Nc3ccccn3)cc2)c2c(CO)nccn12. The summed E-state index contributed by atoms with van der Waals surface area (Å²) in [5.74, 6) is 12.3. The number of ether oxygens (including phenoxy) is 1. The van der Waals surface area contributed by atoms with Crippen LogP contribution in [0.2, 0.25) is 0 Å². The second-order valence-corrected chi connectivity index (χ2v) is 26.2. The van der Waals surface area contributed by atoms with Crippen molar-refractivity contribution in [3.63, 3.8) is 0 Å². The monoisotopic (exact) mass is 1490 g/mol. The molecule has 12 aromatic rings. The fourth-order valence-corrected chi connectivity index (χ4v) is 14.0. The number of aromatic nitrogens is 12. The molecule has 111 heavy (non-hydrogen) atoms. The molecule has 9 aromatic heterocycles. The van der Waals surface area contributed by atoms with Crippen LogP contribution in [0.15, 0.2) is 177 Å². The molecule has 28 heteroatoms. The first kappa shape index (κ1) is 75.5. The molecule has 560 valence electrons. The van der Waals surface area contributed by atoms with Crippen molar-refractivity contribution >= 4 is 69.4 Å². The molecule has 3 fully saturated rings. The summed E-state index contributed by atoms with van der Waals surface area (Å²) in [4.78, 5) is 121. The molecule has 3 aromatic carbocycles. The summed E-state index contributed by atoms with van der Waals surface area (Å²) in [7, 11) is 0. The Morgan fingerprint density at radius 1 is 0.577 bits per heavy atom. The Morgan fingerprint density at radius 2 is 1.09 bits per heavy atom. The van der Waals surface area contributed by atoms with E-state index in [4.69, 9.17) is 19.7 Å². The van der Waals surface area contributed by atoms with Crippen molar-refractivity contribution < 1.29 is 48.1 Å². The summed E-state index contributed by atoms with van der Waals surface area (Å²) >= 11 is 0. The molecule has 0 radical (unpaired) electrons. The van der Waals surface area contributed by atoms with Crippen LogP contribution < -0.4 is 20.7 Å². The third kappa shape index (κ3) is 16.1. The van der Waals surface area contributed by atoms with E-state index in [0.29, 0.717) is 113 Å². The van der Waals surface area contributed by atoms with E-state index < -0.39 is 11.7 Å². The molecule has 0 unspecified atom stereocenters. The highest BCUT2D eigenvalue weighted by atomic mass is 19.1. The Balaban J connectivity index is 0.000000146. The predicted octanol–water partition coefficient (Wildman–Crippen LogP) is 11.1. The molecule has 3 aliphatic heterocycles. The van der Waals surface area contributed by atoms with Crippen molar-refractivity contribution in [2.75, 3.05) is 48.7 Å². The van der Waals surface area contributed by atoms with Gasteiger partial charge >= 0.3 is 0 Å². The largest absolute Gasteiger partial charge is 0.478 e. The van der Waals surface area contributed by atoms with Crippen LogP contribution in [0, 0.1) is 43.3 Å². The van der Waals surface area contributed by atoms with Crippen molar-refractivity contribution in [3.05, 3.63) is 240 Å². The van der Waals surface area contributed by atoms with Crippen LogP contribution in [-0.2, 0) is 27.6 Å². The number of rotatable bonds is 17. The van der Waals surface area contributed by atoms with Gasteiger partial charge in [-0.05, 0) is 169 Å². The lowest BCUT2D eigenvalue weighted by Crippen LogP contribution is -2.30. The number of halogens is 1. The quantitative estimate of drug-likeness (QED) is 0.0418. The second kappa shape index (κ2) is 34.0. The first-order valence-electron chi connectivity index (χ1n) is 36.0. The van der Waals surface area contributed by atoms with Gasteiger partial charge in [0.15, 0.2) is 0 Å². The van der Waals surface area contributed by atoms with Gasteiger partial charge in [0.05, 0.1) is 83.1 Å². The number of anilines is 3. The lowest BCUT2D eigenvalue weighted by Gasteiger charge is -2.21. The van der Waals surface area contributed by atoms with Crippen LogP contribution in [0.4, 0.5) is 21.8 Å². The van der Waals surface area contributed by atoms with Crippen LogP contribution in [0.25, 0.3) is 50.3 Å². The molecule has 0 aliphatic carbocycles.